The third kappa shape index (κ3) is 5.25. The second-order valence-electron chi connectivity index (χ2n) is 11.0. The minimum absolute atomic E-state index is 0.0254. The first-order chi connectivity index (χ1) is 20.0. The van der Waals surface area contributed by atoms with Crippen molar-refractivity contribution in [3.05, 3.63) is 82.3 Å². The van der Waals surface area contributed by atoms with Crippen molar-refractivity contribution in [3.63, 3.8) is 0 Å². The highest BCUT2D eigenvalue weighted by atomic mass is 35.5. The van der Waals surface area contributed by atoms with Crippen molar-refractivity contribution in [1.29, 1.82) is 0 Å². The van der Waals surface area contributed by atoms with Gasteiger partial charge in [-0.3, -0.25) is 4.90 Å². The third-order valence-electron chi connectivity index (χ3n) is 8.36. The number of aromatic nitrogens is 3. The average Bonchev–Trinajstić information content (AvgIpc) is 3.31. The lowest BCUT2D eigenvalue weighted by atomic mass is 9.88. The largest absolute Gasteiger partial charge is 0.485 e. The number of halogens is 1. The molecule has 5 heterocycles. The summed E-state index contributed by atoms with van der Waals surface area (Å²) in [6.45, 7) is 4.35. The maximum absolute atomic E-state index is 11.6. The van der Waals surface area contributed by atoms with Crippen LogP contribution in [0.5, 0.6) is 11.5 Å². The number of carboxylic acids is 1. The molecule has 3 aliphatic heterocycles. The van der Waals surface area contributed by atoms with Gasteiger partial charge in [0.15, 0.2) is 28.9 Å². The Bertz CT molecular complexity index is 1580. The number of carbonyl (C=O) groups is 1. The molecule has 41 heavy (non-hydrogen) atoms. The Morgan fingerprint density at radius 1 is 1.02 bits per heavy atom. The molecule has 2 fully saturated rings. The Hall–Kier alpha value is -3.66. The number of ether oxygens (including phenoxy) is 3. The minimum Gasteiger partial charge on any atom is -0.485 e. The Kier molecular flexibility index (Phi) is 7.02. The van der Waals surface area contributed by atoms with E-state index in [4.69, 9.17) is 30.8 Å². The van der Waals surface area contributed by atoms with Crippen molar-refractivity contribution < 1.29 is 24.1 Å². The number of rotatable bonds is 7. The molecular formula is C31H31ClN4O5. The van der Waals surface area contributed by atoms with Crippen molar-refractivity contribution in [2.45, 2.75) is 50.5 Å². The molecule has 0 aliphatic carbocycles. The number of aromatic carboxylic acids is 1. The number of fused-ring (bicyclic) bond motifs is 2. The molecular weight excluding hydrogens is 544 g/mol. The van der Waals surface area contributed by atoms with E-state index in [1.54, 1.807) is 6.07 Å². The lowest BCUT2D eigenvalue weighted by Crippen LogP contribution is -2.35. The molecule has 0 saturated carbocycles. The van der Waals surface area contributed by atoms with Gasteiger partial charge in [0.05, 0.1) is 19.2 Å². The van der Waals surface area contributed by atoms with Gasteiger partial charge in [-0.05, 0) is 74.2 Å². The number of pyridine rings is 1. The van der Waals surface area contributed by atoms with Crippen LogP contribution in [0, 0.1) is 0 Å². The quantitative estimate of drug-likeness (QED) is 0.310. The van der Waals surface area contributed by atoms with Crippen LogP contribution < -0.4 is 9.47 Å². The average molecular weight is 575 g/mol. The van der Waals surface area contributed by atoms with Gasteiger partial charge in [0, 0.05) is 17.2 Å². The van der Waals surface area contributed by atoms with Crippen molar-refractivity contribution in [2.24, 2.45) is 0 Å². The van der Waals surface area contributed by atoms with Crippen LogP contribution in [0.4, 0.5) is 0 Å². The number of nitrogens with zero attached hydrogens (tertiary/aromatic N) is 4. The molecule has 2 saturated heterocycles. The molecule has 0 radical (unpaired) electrons. The first-order valence-electron chi connectivity index (χ1n) is 14.1. The van der Waals surface area contributed by atoms with Gasteiger partial charge in [-0.15, -0.1) is 0 Å². The number of benzene rings is 2. The lowest BCUT2D eigenvalue weighted by molar-refractivity contribution is -0.0593. The fourth-order valence-electron chi connectivity index (χ4n) is 6.00. The normalized spacial score (nSPS) is 21.1. The van der Waals surface area contributed by atoms with E-state index in [2.05, 4.69) is 22.0 Å². The second-order valence-corrected chi connectivity index (χ2v) is 11.4. The molecule has 4 aromatic rings. The number of imidazole rings is 1. The highest BCUT2D eigenvalue weighted by Crippen LogP contribution is 2.44. The van der Waals surface area contributed by atoms with E-state index in [0.717, 1.165) is 61.8 Å². The molecule has 2 aromatic carbocycles. The second kappa shape index (κ2) is 11.0. The van der Waals surface area contributed by atoms with Crippen LogP contribution in [0.1, 0.15) is 58.7 Å². The van der Waals surface area contributed by atoms with E-state index in [-0.39, 0.29) is 17.9 Å². The molecule has 10 heteroatoms. The van der Waals surface area contributed by atoms with E-state index in [1.807, 2.05) is 34.9 Å². The van der Waals surface area contributed by atoms with Crippen LogP contribution in [-0.4, -0.2) is 62.9 Å². The van der Waals surface area contributed by atoms with Crippen LogP contribution in [0.25, 0.3) is 11.2 Å². The summed E-state index contributed by atoms with van der Waals surface area (Å²) in [6, 6.07) is 17.2. The number of para-hydroxylation sites is 1. The molecule has 212 valence electrons. The first-order valence-corrected chi connectivity index (χ1v) is 14.5. The van der Waals surface area contributed by atoms with E-state index in [9.17, 15) is 9.90 Å². The molecule has 0 spiro atoms. The smallest absolute Gasteiger partial charge is 0.354 e. The van der Waals surface area contributed by atoms with E-state index in [1.165, 1.54) is 11.6 Å². The van der Waals surface area contributed by atoms with E-state index in [0.29, 0.717) is 41.8 Å². The summed E-state index contributed by atoms with van der Waals surface area (Å²) in [7, 11) is 0. The number of hydrogen-bond donors (Lipinski definition) is 1. The molecule has 2 aromatic heterocycles. The van der Waals surface area contributed by atoms with Crippen LogP contribution in [0.2, 0.25) is 5.02 Å². The maximum Gasteiger partial charge on any atom is 0.354 e. The number of carboxylic acid groups (broad SMARTS) is 1. The molecule has 2 atom stereocenters. The predicted molar refractivity (Wildman–Crippen MR) is 153 cm³/mol. The summed E-state index contributed by atoms with van der Waals surface area (Å²) in [4.78, 5) is 23.2. The summed E-state index contributed by atoms with van der Waals surface area (Å²) >= 11 is 6.06. The number of likely N-dealkylation sites (tertiary alicyclic amines) is 1. The highest BCUT2D eigenvalue weighted by molar-refractivity contribution is 6.30. The summed E-state index contributed by atoms with van der Waals surface area (Å²) in [5.74, 6) is 1.88. The zero-order chi connectivity index (χ0) is 27.9. The predicted octanol–water partition coefficient (Wildman–Crippen LogP) is 5.46. The van der Waals surface area contributed by atoms with Crippen LogP contribution in [0.3, 0.4) is 0 Å². The monoisotopic (exact) mass is 574 g/mol. The van der Waals surface area contributed by atoms with Crippen molar-refractivity contribution in [1.82, 2.24) is 19.4 Å². The SMILES string of the molecule is O=C(O)c1ccc2nc(CN3CCC(c4cccc5c4OCC(c4ccc(Cl)cc4)O5)CC3)n(CC3CCO3)c2n1. The van der Waals surface area contributed by atoms with Gasteiger partial charge in [-0.2, -0.15) is 0 Å². The first kappa shape index (κ1) is 26.3. The highest BCUT2D eigenvalue weighted by Gasteiger charge is 2.30. The summed E-state index contributed by atoms with van der Waals surface area (Å²) in [5, 5.41) is 10.2. The molecule has 9 nitrogen and oxygen atoms in total. The molecule has 0 amide bonds. The maximum atomic E-state index is 11.6. The van der Waals surface area contributed by atoms with Gasteiger partial charge in [-0.25, -0.2) is 14.8 Å². The van der Waals surface area contributed by atoms with Gasteiger partial charge in [0.25, 0.3) is 0 Å². The fraction of sp³-hybridized carbons (Fsp3) is 0.387. The Labute approximate surface area is 242 Å². The van der Waals surface area contributed by atoms with E-state index >= 15 is 0 Å². The third-order valence-corrected chi connectivity index (χ3v) is 8.61. The van der Waals surface area contributed by atoms with Crippen molar-refractivity contribution in [2.75, 3.05) is 26.3 Å². The zero-order valence-corrected chi connectivity index (χ0v) is 23.3. The van der Waals surface area contributed by atoms with Crippen LogP contribution >= 0.6 is 11.6 Å². The van der Waals surface area contributed by atoms with Gasteiger partial charge >= 0.3 is 5.97 Å². The van der Waals surface area contributed by atoms with Gasteiger partial charge in [0.2, 0.25) is 0 Å². The van der Waals surface area contributed by atoms with Gasteiger partial charge in [0.1, 0.15) is 17.9 Å². The Morgan fingerprint density at radius 3 is 2.56 bits per heavy atom. The van der Waals surface area contributed by atoms with Crippen molar-refractivity contribution >= 4 is 28.7 Å². The zero-order valence-electron chi connectivity index (χ0n) is 22.5. The Balaban J connectivity index is 1.05. The lowest BCUT2D eigenvalue weighted by Gasteiger charge is -2.35. The van der Waals surface area contributed by atoms with Crippen molar-refractivity contribution in [3.8, 4) is 11.5 Å². The standard InChI is InChI=1S/C31H31ClN4O5/c32-21-6-4-20(5-7-21)27-18-40-29-23(2-1-3-26(29)41-27)19-10-13-35(14-11-19)17-28-33-24-8-9-25(31(37)38)34-30(24)36(28)16-22-12-15-39-22/h1-9,19,22,27H,10-18H2,(H,37,38). The molecule has 7 rings (SSSR count). The van der Waals surface area contributed by atoms with Crippen LogP contribution in [-0.2, 0) is 17.8 Å². The Morgan fingerprint density at radius 2 is 1.83 bits per heavy atom. The fourth-order valence-corrected chi connectivity index (χ4v) is 6.13. The number of hydrogen-bond acceptors (Lipinski definition) is 7. The molecule has 1 N–H and O–H groups in total. The summed E-state index contributed by atoms with van der Waals surface area (Å²) < 4.78 is 20.4. The summed E-state index contributed by atoms with van der Waals surface area (Å²) in [6.07, 6.45) is 2.92. The van der Waals surface area contributed by atoms with Crippen LogP contribution in [0.15, 0.2) is 54.6 Å². The molecule has 2 unspecified atom stereocenters. The van der Waals surface area contributed by atoms with Gasteiger partial charge in [-0.1, -0.05) is 35.9 Å². The minimum atomic E-state index is -1.04. The van der Waals surface area contributed by atoms with Gasteiger partial charge < -0.3 is 23.9 Å². The summed E-state index contributed by atoms with van der Waals surface area (Å²) in [5.41, 5.74) is 3.59. The molecule has 3 aliphatic rings. The topological polar surface area (TPSA) is 98.9 Å². The number of piperidine rings is 1. The molecule has 0 bridgehead atoms. The van der Waals surface area contributed by atoms with E-state index < -0.39 is 5.97 Å².